The van der Waals surface area contributed by atoms with Crippen LogP contribution in [-0.2, 0) is 0 Å². The highest BCUT2D eigenvalue weighted by Gasteiger charge is 2.30. The largest absolute Gasteiger partial charge is 0.495 e. The maximum atomic E-state index is 10.6. The van der Waals surface area contributed by atoms with Crippen LogP contribution in [0, 0.1) is 0 Å². The van der Waals surface area contributed by atoms with Crippen molar-refractivity contribution in [2.45, 2.75) is 31.5 Å². The van der Waals surface area contributed by atoms with Crippen LogP contribution in [0.1, 0.15) is 24.9 Å². The molecule has 0 radical (unpaired) electrons. The Morgan fingerprint density at radius 3 is 2.54 bits per heavy atom. The number of β-amino-alcohol motifs (C(OH)–C–C–N with tert-alkyl or cyclic N) is 1. The lowest BCUT2D eigenvalue weighted by molar-refractivity contribution is 0.0407. The number of hydrogen-bond acceptors (Lipinski definition) is 4. The van der Waals surface area contributed by atoms with Gasteiger partial charge in [-0.3, -0.25) is 4.90 Å². The molecular formula is C20H26N2O2. The van der Waals surface area contributed by atoms with Crippen molar-refractivity contribution in [3.8, 4) is 5.75 Å². The van der Waals surface area contributed by atoms with Gasteiger partial charge in [0.2, 0.25) is 0 Å². The van der Waals surface area contributed by atoms with E-state index in [9.17, 15) is 5.11 Å². The second-order valence-electron chi connectivity index (χ2n) is 6.39. The molecular weight excluding hydrogens is 300 g/mol. The number of benzene rings is 2. The highest BCUT2D eigenvalue weighted by Crippen LogP contribution is 2.28. The molecule has 1 fully saturated rings. The molecule has 1 aliphatic heterocycles. The van der Waals surface area contributed by atoms with Crippen LogP contribution in [0.15, 0.2) is 54.6 Å². The van der Waals surface area contributed by atoms with Crippen LogP contribution in [-0.4, -0.2) is 42.4 Å². The van der Waals surface area contributed by atoms with Crippen molar-refractivity contribution in [2.24, 2.45) is 0 Å². The summed E-state index contributed by atoms with van der Waals surface area (Å²) in [5, 5.41) is 14.1. The molecule has 2 aromatic rings. The minimum Gasteiger partial charge on any atom is -0.495 e. The van der Waals surface area contributed by atoms with Crippen LogP contribution < -0.4 is 10.1 Å². The van der Waals surface area contributed by atoms with Gasteiger partial charge in [-0.1, -0.05) is 42.5 Å². The van der Waals surface area contributed by atoms with Gasteiger partial charge in [0.15, 0.2) is 0 Å². The van der Waals surface area contributed by atoms with E-state index >= 15 is 0 Å². The van der Waals surface area contributed by atoms with Crippen LogP contribution in [0.4, 0.5) is 5.69 Å². The van der Waals surface area contributed by atoms with E-state index in [1.807, 2.05) is 30.3 Å². The van der Waals surface area contributed by atoms with Gasteiger partial charge in [0.05, 0.1) is 24.9 Å². The van der Waals surface area contributed by atoms with Gasteiger partial charge >= 0.3 is 0 Å². The molecule has 1 aliphatic rings. The van der Waals surface area contributed by atoms with Crippen LogP contribution in [0.25, 0.3) is 0 Å². The molecule has 0 saturated carbocycles. The number of aliphatic hydroxyl groups excluding tert-OH is 1. The third kappa shape index (κ3) is 3.71. The number of nitrogens with one attached hydrogen (secondary N) is 1. The van der Waals surface area contributed by atoms with E-state index in [1.165, 1.54) is 5.56 Å². The monoisotopic (exact) mass is 326 g/mol. The van der Waals surface area contributed by atoms with Gasteiger partial charge in [-0.15, -0.1) is 0 Å². The molecule has 1 unspecified atom stereocenters. The Morgan fingerprint density at radius 1 is 1.12 bits per heavy atom. The molecule has 1 saturated heterocycles. The summed E-state index contributed by atoms with van der Waals surface area (Å²) in [6.45, 7) is 3.83. The van der Waals surface area contributed by atoms with Gasteiger partial charge in [0.25, 0.3) is 0 Å². The molecule has 0 bridgehead atoms. The Kier molecular flexibility index (Phi) is 5.38. The predicted molar refractivity (Wildman–Crippen MR) is 97.5 cm³/mol. The van der Waals surface area contributed by atoms with Gasteiger partial charge in [-0.05, 0) is 31.0 Å². The van der Waals surface area contributed by atoms with E-state index in [4.69, 9.17) is 4.74 Å². The fraction of sp³-hybridized carbons (Fsp3) is 0.400. The Bertz CT molecular complexity index is 647. The maximum Gasteiger partial charge on any atom is 0.141 e. The van der Waals surface area contributed by atoms with Crippen LogP contribution in [0.3, 0.4) is 0 Å². The molecule has 3 atom stereocenters. The maximum absolute atomic E-state index is 10.6. The van der Waals surface area contributed by atoms with Gasteiger partial charge in [-0.25, -0.2) is 0 Å². The van der Waals surface area contributed by atoms with Crippen LogP contribution >= 0.6 is 0 Å². The molecule has 24 heavy (non-hydrogen) atoms. The molecule has 3 rings (SSSR count). The summed E-state index contributed by atoms with van der Waals surface area (Å²) in [6.07, 6.45) is 0.492. The first-order valence-electron chi connectivity index (χ1n) is 8.55. The van der Waals surface area contributed by atoms with E-state index in [0.717, 1.165) is 24.4 Å². The lowest BCUT2D eigenvalue weighted by atomic mass is 9.97. The van der Waals surface area contributed by atoms with Crippen LogP contribution in [0.5, 0.6) is 5.75 Å². The number of anilines is 1. The fourth-order valence-corrected chi connectivity index (χ4v) is 3.38. The molecule has 4 nitrogen and oxygen atoms in total. The minimum atomic E-state index is -0.408. The first kappa shape index (κ1) is 16.8. The molecule has 128 valence electrons. The summed E-state index contributed by atoms with van der Waals surface area (Å²) in [6, 6.07) is 18.7. The van der Waals surface area contributed by atoms with Crippen molar-refractivity contribution in [1.82, 2.24) is 4.90 Å². The zero-order chi connectivity index (χ0) is 16.9. The third-order valence-corrected chi connectivity index (χ3v) is 4.89. The standard InChI is InChI=1S/C20H26N2O2/c1-15(16-8-4-3-5-9-16)22-13-12-17(19(23)14-22)21-18-10-6-7-11-20(18)24-2/h3-11,15,17,19,21,23H,12-14H2,1-2H3/t15?,17-,19-/m0/s1. The van der Waals surface area contributed by atoms with Crippen molar-refractivity contribution in [2.75, 3.05) is 25.5 Å². The van der Waals surface area contributed by atoms with E-state index < -0.39 is 6.10 Å². The van der Waals surface area contributed by atoms with Gasteiger partial charge in [0.1, 0.15) is 5.75 Å². The average Bonchev–Trinajstić information content (AvgIpc) is 2.64. The topological polar surface area (TPSA) is 44.7 Å². The highest BCUT2D eigenvalue weighted by atomic mass is 16.5. The number of ether oxygens (including phenoxy) is 1. The lowest BCUT2D eigenvalue weighted by Crippen LogP contribution is -2.50. The first-order valence-corrected chi connectivity index (χ1v) is 8.55. The molecule has 0 spiro atoms. The molecule has 2 aromatic carbocycles. The number of methoxy groups -OCH3 is 1. The van der Waals surface area contributed by atoms with E-state index in [1.54, 1.807) is 7.11 Å². The fourth-order valence-electron chi connectivity index (χ4n) is 3.38. The van der Waals surface area contributed by atoms with E-state index in [2.05, 4.69) is 41.4 Å². The van der Waals surface area contributed by atoms with Crippen molar-refractivity contribution in [3.63, 3.8) is 0 Å². The van der Waals surface area contributed by atoms with Gasteiger partial charge in [0, 0.05) is 19.1 Å². The zero-order valence-electron chi connectivity index (χ0n) is 14.4. The first-order chi connectivity index (χ1) is 11.7. The number of rotatable bonds is 5. The second kappa shape index (κ2) is 7.69. The van der Waals surface area contributed by atoms with E-state index in [0.29, 0.717) is 12.6 Å². The summed E-state index contributed by atoms with van der Waals surface area (Å²) in [4.78, 5) is 2.35. The van der Waals surface area contributed by atoms with Gasteiger partial charge < -0.3 is 15.2 Å². The smallest absolute Gasteiger partial charge is 0.141 e. The average molecular weight is 326 g/mol. The van der Waals surface area contributed by atoms with Gasteiger partial charge in [-0.2, -0.15) is 0 Å². The molecule has 4 heteroatoms. The quantitative estimate of drug-likeness (QED) is 0.885. The Labute approximate surface area is 144 Å². The number of hydrogen-bond donors (Lipinski definition) is 2. The third-order valence-electron chi connectivity index (χ3n) is 4.89. The molecule has 1 heterocycles. The van der Waals surface area contributed by atoms with Crippen LogP contribution in [0.2, 0.25) is 0 Å². The Hall–Kier alpha value is -2.04. The van der Waals surface area contributed by atoms with Crippen molar-refractivity contribution >= 4 is 5.69 Å². The molecule has 2 N–H and O–H groups in total. The summed E-state index contributed by atoms with van der Waals surface area (Å²) in [5.74, 6) is 0.810. The minimum absolute atomic E-state index is 0.0422. The zero-order valence-corrected chi connectivity index (χ0v) is 14.4. The summed E-state index contributed by atoms with van der Waals surface area (Å²) in [7, 11) is 1.67. The number of piperidine rings is 1. The van der Waals surface area contributed by atoms with Crippen molar-refractivity contribution in [1.29, 1.82) is 0 Å². The highest BCUT2D eigenvalue weighted by molar-refractivity contribution is 5.56. The Balaban J connectivity index is 1.63. The lowest BCUT2D eigenvalue weighted by Gasteiger charge is -2.40. The van der Waals surface area contributed by atoms with Crippen molar-refractivity contribution in [3.05, 3.63) is 60.2 Å². The summed E-state index contributed by atoms with van der Waals surface area (Å²) < 4.78 is 5.38. The normalized spacial score (nSPS) is 22.8. The number of para-hydroxylation sites is 2. The predicted octanol–water partition coefficient (Wildman–Crippen LogP) is 3.30. The second-order valence-corrected chi connectivity index (χ2v) is 6.39. The molecule has 0 aromatic heterocycles. The number of aliphatic hydroxyl groups is 1. The SMILES string of the molecule is COc1ccccc1N[C@H]1CCN(C(C)c2ccccc2)C[C@@H]1O. The molecule has 0 aliphatic carbocycles. The molecule has 0 amide bonds. The van der Waals surface area contributed by atoms with E-state index in [-0.39, 0.29) is 6.04 Å². The number of nitrogens with zero attached hydrogens (tertiary/aromatic N) is 1. The number of likely N-dealkylation sites (tertiary alicyclic amines) is 1. The summed E-state index contributed by atoms with van der Waals surface area (Å²) >= 11 is 0. The summed E-state index contributed by atoms with van der Waals surface area (Å²) in [5.41, 5.74) is 2.23. The Morgan fingerprint density at radius 2 is 1.83 bits per heavy atom. The van der Waals surface area contributed by atoms with Crippen molar-refractivity contribution < 1.29 is 9.84 Å².